The SMILES string of the molecule is CC1CC(C)CC(NC/C(Cl)=C/Cl)C1. The van der Waals surface area contributed by atoms with Gasteiger partial charge in [-0.25, -0.2) is 0 Å². The van der Waals surface area contributed by atoms with Crippen LogP contribution in [0, 0.1) is 11.8 Å². The smallest absolute Gasteiger partial charge is 0.0431 e. The Morgan fingerprint density at radius 3 is 2.36 bits per heavy atom. The van der Waals surface area contributed by atoms with Crippen molar-refractivity contribution in [3.63, 3.8) is 0 Å². The fourth-order valence-corrected chi connectivity index (χ4v) is 2.55. The second kappa shape index (κ2) is 5.99. The lowest BCUT2D eigenvalue weighted by Gasteiger charge is -2.32. The van der Waals surface area contributed by atoms with Gasteiger partial charge in [0.2, 0.25) is 0 Å². The standard InChI is InChI=1S/C11H19Cl2N/c1-8-3-9(2)5-11(4-8)14-7-10(13)6-12/h6,8-9,11,14H,3-5,7H2,1-2H3/b10-6-. The van der Waals surface area contributed by atoms with E-state index in [1.165, 1.54) is 24.8 Å². The van der Waals surface area contributed by atoms with Gasteiger partial charge in [-0.05, 0) is 31.1 Å². The molecule has 1 rings (SSSR count). The van der Waals surface area contributed by atoms with Gasteiger partial charge in [0, 0.05) is 23.2 Å². The monoisotopic (exact) mass is 235 g/mol. The predicted octanol–water partition coefficient (Wildman–Crippen LogP) is 3.72. The molecule has 3 heteroatoms. The van der Waals surface area contributed by atoms with Gasteiger partial charge in [0.05, 0.1) is 0 Å². The molecule has 1 aliphatic rings. The first-order valence-corrected chi connectivity index (χ1v) is 6.11. The fraction of sp³-hybridized carbons (Fsp3) is 0.818. The predicted molar refractivity (Wildman–Crippen MR) is 63.8 cm³/mol. The van der Waals surface area contributed by atoms with Crippen molar-refractivity contribution in [2.75, 3.05) is 6.54 Å². The summed E-state index contributed by atoms with van der Waals surface area (Å²) < 4.78 is 0. The van der Waals surface area contributed by atoms with E-state index in [1.807, 2.05) is 0 Å². The highest BCUT2D eigenvalue weighted by Crippen LogP contribution is 2.28. The van der Waals surface area contributed by atoms with Crippen molar-refractivity contribution in [3.05, 3.63) is 10.6 Å². The minimum Gasteiger partial charge on any atom is -0.309 e. The summed E-state index contributed by atoms with van der Waals surface area (Å²) in [6, 6.07) is 0.610. The largest absolute Gasteiger partial charge is 0.309 e. The van der Waals surface area contributed by atoms with Crippen molar-refractivity contribution in [2.24, 2.45) is 11.8 Å². The quantitative estimate of drug-likeness (QED) is 0.787. The Balaban J connectivity index is 2.30. The van der Waals surface area contributed by atoms with Crippen LogP contribution in [0.3, 0.4) is 0 Å². The van der Waals surface area contributed by atoms with Crippen LogP contribution < -0.4 is 5.32 Å². The van der Waals surface area contributed by atoms with Crippen LogP contribution in [0.2, 0.25) is 0 Å². The maximum Gasteiger partial charge on any atom is 0.0431 e. The van der Waals surface area contributed by atoms with Crippen molar-refractivity contribution < 1.29 is 0 Å². The summed E-state index contributed by atoms with van der Waals surface area (Å²) in [6.45, 7) is 5.35. The van der Waals surface area contributed by atoms with Crippen molar-refractivity contribution >= 4 is 23.2 Å². The van der Waals surface area contributed by atoms with Crippen LogP contribution in [0.5, 0.6) is 0 Å². The topological polar surface area (TPSA) is 12.0 Å². The Kier molecular flexibility index (Phi) is 5.29. The zero-order valence-electron chi connectivity index (χ0n) is 8.89. The highest BCUT2D eigenvalue weighted by molar-refractivity contribution is 6.36. The second-order valence-corrected chi connectivity index (χ2v) is 5.25. The molecule has 0 aromatic carbocycles. The molecule has 1 saturated carbocycles. The van der Waals surface area contributed by atoms with Crippen molar-refractivity contribution in [1.29, 1.82) is 0 Å². The van der Waals surface area contributed by atoms with Crippen LogP contribution >= 0.6 is 23.2 Å². The molecule has 0 heterocycles. The van der Waals surface area contributed by atoms with E-state index in [4.69, 9.17) is 23.2 Å². The van der Waals surface area contributed by atoms with E-state index in [9.17, 15) is 0 Å². The minimum atomic E-state index is 0.610. The number of nitrogens with one attached hydrogen (secondary N) is 1. The van der Waals surface area contributed by atoms with E-state index in [0.29, 0.717) is 17.6 Å². The maximum absolute atomic E-state index is 5.82. The molecule has 2 unspecified atom stereocenters. The molecule has 0 amide bonds. The van der Waals surface area contributed by atoms with Gasteiger partial charge < -0.3 is 5.32 Å². The summed E-state index contributed by atoms with van der Waals surface area (Å²) in [4.78, 5) is 0. The third-order valence-electron chi connectivity index (χ3n) is 2.86. The van der Waals surface area contributed by atoms with Gasteiger partial charge in [-0.15, -0.1) is 0 Å². The summed E-state index contributed by atoms with van der Waals surface area (Å²) in [5.41, 5.74) is 1.43. The molecule has 1 aliphatic carbocycles. The zero-order valence-corrected chi connectivity index (χ0v) is 10.4. The molecule has 0 aliphatic heterocycles. The summed E-state index contributed by atoms with van der Waals surface area (Å²) >= 11 is 11.3. The van der Waals surface area contributed by atoms with Crippen LogP contribution in [0.1, 0.15) is 33.1 Å². The van der Waals surface area contributed by atoms with Crippen LogP contribution in [-0.4, -0.2) is 12.6 Å². The van der Waals surface area contributed by atoms with Gasteiger partial charge in [0.25, 0.3) is 0 Å². The lowest BCUT2D eigenvalue weighted by Crippen LogP contribution is -2.36. The molecule has 0 aromatic rings. The summed E-state index contributed by atoms with van der Waals surface area (Å²) in [7, 11) is 0. The molecule has 0 spiro atoms. The average molecular weight is 236 g/mol. The van der Waals surface area contributed by atoms with Gasteiger partial charge in [-0.1, -0.05) is 37.0 Å². The second-order valence-electron chi connectivity index (χ2n) is 4.55. The van der Waals surface area contributed by atoms with Crippen molar-refractivity contribution in [1.82, 2.24) is 5.32 Å². The Hall–Kier alpha value is 0.280. The molecule has 0 saturated heterocycles. The Labute approximate surface area is 96.8 Å². The van der Waals surface area contributed by atoms with E-state index in [2.05, 4.69) is 19.2 Å². The Bertz CT molecular complexity index is 193. The molecule has 14 heavy (non-hydrogen) atoms. The normalized spacial score (nSPS) is 34.6. The van der Waals surface area contributed by atoms with E-state index in [1.54, 1.807) is 0 Å². The molecule has 1 N–H and O–H groups in total. The summed E-state index contributed by atoms with van der Waals surface area (Å²) in [6.07, 6.45) is 3.88. The number of halogens is 2. The van der Waals surface area contributed by atoms with Crippen LogP contribution in [0.25, 0.3) is 0 Å². The fourth-order valence-electron chi connectivity index (χ4n) is 2.39. The first kappa shape index (κ1) is 12.4. The average Bonchev–Trinajstić information content (AvgIpc) is 2.12. The minimum absolute atomic E-state index is 0.610. The third kappa shape index (κ3) is 4.20. The molecule has 82 valence electrons. The Morgan fingerprint density at radius 2 is 1.86 bits per heavy atom. The molecule has 2 atom stereocenters. The first-order chi connectivity index (χ1) is 6.61. The molecule has 0 radical (unpaired) electrons. The summed E-state index contributed by atoms with van der Waals surface area (Å²) in [5, 5.41) is 4.14. The number of rotatable bonds is 3. The lowest BCUT2D eigenvalue weighted by molar-refractivity contribution is 0.243. The third-order valence-corrected chi connectivity index (χ3v) is 3.47. The van der Waals surface area contributed by atoms with Crippen molar-refractivity contribution in [2.45, 2.75) is 39.2 Å². The summed E-state index contributed by atoms with van der Waals surface area (Å²) in [5.74, 6) is 1.66. The molecule has 0 bridgehead atoms. The highest BCUT2D eigenvalue weighted by Gasteiger charge is 2.23. The van der Waals surface area contributed by atoms with E-state index in [-0.39, 0.29) is 0 Å². The number of hydrogen-bond donors (Lipinski definition) is 1. The van der Waals surface area contributed by atoms with Gasteiger partial charge in [0.1, 0.15) is 0 Å². The van der Waals surface area contributed by atoms with Gasteiger partial charge >= 0.3 is 0 Å². The molecule has 1 fully saturated rings. The van der Waals surface area contributed by atoms with Gasteiger partial charge in [-0.2, -0.15) is 0 Å². The first-order valence-electron chi connectivity index (χ1n) is 5.30. The number of hydrogen-bond acceptors (Lipinski definition) is 1. The van der Waals surface area contributed by atoms with E-state index < -0.39 is 0 Å². The highest BCUT2D eigenvalue weighted by atomic mass is 35.5. The maximum atomic E-state index is 5.82. The molecular weight excluding hydrogens is 217 g/mol. The molecule has 1 nitrogen and oxygen atoms in total. The molecular formula is C11H19Cl2N. The van der Waals surface area contributed by atoms with E-state index >= 15 is 0 Å². The van der Waals surface area contributed by atoms with E-state index in [0.717, 1.165) is 11.8 Å². The van der Waals surface area contributed by atoms with Crippen LogP contribution in [0.4, 0.5) is 0 Å². The van der Waals surface area contributed by atoms with Crippen LogP contribution in [-0.2, 0) is 0 Å². The van der Waals surface area contributed by atoms with Crippen LogP contribution in [0.15, 0.2) is 10.6 Å². The Morgan fingerprint density at radius 1 is 1.29 bits per heavy atom. The van der Waals surface area contributed by atoms with Gasteiger partial charge in [-0.3, -0.25) is 0 Å². The lowest BCUT2D eigenvalue weighted by atomic mass is 9.80. The zero-order chi connectivity index (χ0) is 10.6. The molecule has 0 aromatic heterocycles. The van der Waals surface area contributed by atoms with Gasteiger partial charge in [0.15, 0.2) is 0 Å². The van der Waals surface area contributed by atoms with Crippen molar-refractivity contribution in [3.8, 4) is 0 Å².